The SMILES string of the molecule is COc1ccccc1/C=C/C(=O)NCCCO. The van der Waals surface area contributed by atoms with Crippen molar-refractivity contribution in [3.8, 4) is 5.75 Å². The fourth-order valence-corrected chi connectivity index (χ4v) is 1.32. The van der Waals surface area contributed by atoms with Crippen LogP contribution in [0.15, 0.2) is 30.3 Å². The van der Waals surface area contributed by atoms with E-state index in [-0.39, 0.29) is 12.5 Å². The molecule has 0 aliphatic heterocycles. The van der Waals surface area contributed by atoms with Crippen LogP contribution >= 0.6 is 0 Å². The molecule has 4 heteroatoms. The van der Waals surface area contributed by atoms with Gasteiger partial charge < -0.3 is 15.2 Å². The fourth-order valence-electron chi connectivity index (χ4n) is 1.32. The number of carbonyl (C=O) groups excluding carboxylic acids is 1. The molecule has 4 nitrogen and oxygen atoms in total. The number of para-hydroxylation sites is 1. The Bertz CT molecular complexity index is 388. The number of methoxy groups -OCH3 is 1. The maximum absolute atomic E-state index is 11.4. The quantitative estimate of drug-likeness (QED) is 0.575. The predicted molar refractivity (Wildman–Crippen MR) is 66.7 cm³/mol. The third-order valence-electron chi connectivity index (χ3n) is 2.19. The molecule has 17 heavy (non-hydrogen) atoms. The second kappa shape index (κ2) is 7.46. The molecule has 0 aromatic heterocycles. The number of nitrogens with one attached hydrogen (secondary N) is 1. The zero-order chi connectivity index (χ0) is 12.5. The Morgan fingerprint density at radius 2 is 2.24 bits per heavy atom. The van der Waals surface area contributed by atoms with Gasteiger partial charge >= 0.3 is 0 Å². The second-order valence-corrected chi connectivity index (χ2v) is 3.44. The molecule has 2 N–H and O–H groups in total. The minimum absolute atomic E-state index is 0.0799. The van der Waals surface area contributed by atoms with E-state index >= 15 is 0 Å². The first-order chi connectivity index (χ1) is 8.27. The molecule has 1 aromatic rings. The third-order valence-corrected chi connectivity index (χ3v) is 2.19. The zero-order valence-corrected chi connectivity index (χ0v) is 9.85. The van der Waals surface area contributed by atoms with E-state index in [2.05, 4.69) is 5.32 Å². The van der Waals surface area contributed by atoms with Gasteiger partial charge in [-0.3, -0.25) is 4.79 Å². The summed E-state index contributed by atoms with van der Waals surface area (Å²) in [5.41, 5.74) is 0.854. The number of aliphatic hydroxyl groups excluding tert-OH is 1. The maximum atomic E-state index is 11.4. The smallest absolute Gasteiger partial charge is 0.244 e. The molecule has 0 spiro atoms. The van der Waals surface area contributed by atoms with Crippen LogP contribution in [-0.2, 0) is 4.79 Å². The lowest BCUT2D eigenvalue weighted by Gasteiger charge is -2.03. The average molecular weight is 235 g/mol. The van der Waals surface area contributed by atoms with Gasteiger partial charge in [-0.2, -0.15) is 0 Å². The molecule has 0 saturated carbocycles. The largest absolute Gasteiger partial charge is 0.496 e. The lowest BCUT2D eigenvalue weighted by molar-refractivity contribution is -0.116. The van der Waals surface area contributed by atoms with Gasteiger partial charge in [0, 0.05) is 24.8 Å². The minimum Gasteiger partial charge on any atom is -0.496 e. The average Bonchev–Trinajstić information content (AvgIpc) is 2.37. The van der Waals surface area contributed by atoms with E-state index in [9.17, 15) is 4.79 Å². The van der Waals surface area contributed by atoms with E-state index in [1.54, 1.807) is 13.2 Å². The van der Waals surface area contributed by atoms with Crippen molar-refractivity contribution in [2.45, 2.75) is 6.42 Å². The Morgan fingerprint density at radius 3 is 2.94 bits per heavy atom. The lowest BCUT2D eigenvalue weighted by Crippen LogP contribution is -2.22. The van der Waals surface area contributed by atoms with Crippen molar-refractivity contribution in [3.05, 3.63) is 35.9 Å². The van der Waals surface area contributed by atoms with Crippen LogP contribution in [0.3, 0.4) is 0 Å². The number of ether oxygens (including phenoxy) is 1. The van der Waals surface area contributed by atoms with Gasteiger partial charge in [-0.1, -0.05) is 18.2 Å². The molecule has 1 aromatic carbocycles. The number of aliphatic hydroxyl groups is 1. The van der Waals surface area contributed by atoms with Gasteiger partial charge in [0.2, 0.25) is 5.91 Å². The van der Waals surface area contributed by atoms with Gasteiger partial charge in [-0.25, -0.2) is 0 Å². The molecular formula is C13H17NO3. The van der Waals surface area contributed by atoms with Gasteiger partial charge in [-0.05, 0) is 18.6 Å². The van der Waals surface area contributed by atoms with Crippen molar-refractivity contribution in [1.82, 2.24) is 5.32 Å². The van der Waals surface area contributed by atoms with Crippen LogP contribution in [-0.4, -0.2) is 31.3 Å². The summed E-state index contributed by atoms with van der Waals surface area (Å²) in [5, 5.41) is 11.2. The first-order valence-electron chi connectivity index (χ1n) is 5.47. The summed E-state index contributed by atoms with van der Waals surface area (Å²) in [6, 6.07) is 7.46. The number of benzene rings is 1. The first kappa shape index (κ1) is 13.3. The van der Waals surface area contributed by atoms with Crippen molar-refractivity contribution in [1.29, 1.82) is 0 Å². The number of rotatable bonds is 6. The van der Waals surface area contributed by atoms with E-state index in [1.165, 1.54) is 6.08 Å². The molecule has 0 aliphatic carbocycles. The summed E-state index contributed by atoms with van der Waals surface area (Å²) in [6.45, 7) is 0.558. The monoisotopic (exact) mass is 235 g/mol. The highest BCUT2D eigenvalue weighted by Gasteiger charge is 1.98. The summed E-state index contributed by atoms with van der Waals surface area (Å²) in [4.78, 5) is 11.4. The Labute approximate surface area is 101 Å². The van der Waals surface area contributed by atoms with E-state index in [0.717, 1.165) is 11.3 Å². The maximum Gasteiger partial charge on any atom is 0.244 e. The molecule has 0 bridgehead atoms. The molecule has 0 radical (unpaired) electrons. The summed E-state index contributed by atoms with van der Waals surface area (Å²) >= 11 is 0. The predicted octanol–water partition coefficient (Wildman–Crippen LogP) is 1.21. The fraction of sp³-hybridized carbons (Fsp3) is 0.308. The molecule has 1 amide bonds. The molecule has 0 saturated heterocycles. The van der Waals surface area contributed by atoms with Crippen LogP contribution in [0.25, 0.3) is 6.08 Å². The highest BCUT2D eigenvalue weighted by Crippen LogP contribution is 2.18. The van der Waals surface area contributed by atoms with Gasteiger partial charge in [0.05, 0.1) is 7.11 Å². The van der Waals surface area contributed by atoms with Crippen LogP contribution in [0.2, 0.25) is 0 Å². The Balaban J connectivity index is 2.54. The first-order valence-corrected chi connectivity index (χ1v) is 5.47. The molecule has 0 aliphatic rings. The summed E-state index contributed by atoms with van der Waals surface area (Å²) in [5.74, 6) is 0.552. The van der Waals surface area contributed by atoms with Crippen molar-refractivity contribution in [2.75, 3.05) is 20.3 Å². The van der Waals surface area contributed by atoms with Gasteiger partial charge in [0.15, 0.2) is 0 Å². The third kappa shape index (κ3) is 4.70. The zero-order valence-electron chi connectivity index (χ0n) is 9.85. The number of amides is 1. The molecule has 0 unspecified atom stereocenters. The van der Waals surface area contributed by atoms with Crippen molar-refractivity contribution >= 4 is 12.0 Å². The second-order valence-electron chi connectivity index (χ2n) is 3.44. The van der Waals surface area contributed by atoms with E-state index in [4.69, 9.17) is 9.84 Å². The molecule has 0 heterocycles. The van der Waals surface area contributed by atoms with E-state index in [0.29, 0.717) is 13.0 Å². The summed E-state index contributed by atoms with van der Waals surface area (Å²) < 4.78 is 5.16. The van der Waals surface area contributed by atoms with Crippen LogP contribution in [0.5, 0.6) is 5.75 Å². The van der Waals surface area contributed by atoms with Crippen LogP contribution in [0, 0.1) is 0 Å². The Kier molecular flexibility index (Phi) is 5.82. The Hall–Kier alpha value is -1.81. The molecule has 1 rings (SSSR count). The van der Waals surface area contributed by atoms with Crippen LogP contribution in [0.1, 0.15) is 12.0 Å². The van der Waals surface area contributed by atoms with E-state index in [1.807, 2.05) is 24.3 Å². The van der Waals surface area contributed by atoms with Crippen molar-refractivity contribution < 1.29 is 14.6 Å². The van der Waals surface area contributed by atoms with Gasteiger partial charge in [0.1, 0.15) is 5.75 Å². The lowest BCUT2D eigenvalue weighted by atomic mass is 10.2. The normalized spacial score (nSPS) is 10.5. The molecule has 0 fully saturated rings. The standard InChI is InChI=1S/C13H17NO3/c1-17-12-6-3-2-5-11(12)7-8-13(16)14-9-4-10-15/h2-3,5-8,15H,4,9-10H2,1H3,(H,14,16)/b8-7+. The van der Waals surface area contributed by atoms with E-state index < -0.39 is 0 Å². The minimum atomic E-state index is -0.177. The number of carbonyl (C=O) groups is 1. The van der Waals surface area contributed by atoms with Gasteiger partial charge in [-0.15, -0.1) is 0 Å². The highest BCUT2D eigenvalue weighted by atomic mass is 16.5. The van der Waals surface area contributed by atoms with Crippen molar-refractivity contribution in [2.24, 2.45) is 0 Å². The van der Waals surface area contributed by atoms with Gasteiger partial charge in [0.25, 0.3) is 0 Å². The topological polar surface area (TPSA) is 58.6 Å². The van der Waals surface area contributed by atoms with Crippen LogP contribution in [0.4, 0.5) is 0 Å². The molecule has 92 valence electrons. The van der Waals surface area contributed by atoms with Crippen molar-refractivity contribution in [3.63, 3.8) is 0 Å². The summed E-state index contributed by atoms with van der Waals surface area (Å²) in [6.07, 6.45) is 3.72. The number of hydrogen-bond acceptors (Lipinski definition) is 3. The molecule has 0 atom stereocenters. The Morgan fingerprint density at radius 1 is 1.47 bits per heavy atom. The van der Waals surface area contributed by atoms with Crippen LogP contribution < -0.4 is 10.1 Å². The summed E-state index contributed by atoms with van der Waals surface area (Å²) in [7, 11) is 1.59. The molecular weight excluding hydrogens is 218 g/mol. The number of hydrogen-bond donors (Lipinski definition) is 2. The highest BCUT2D eigenvalue weighted by molar-refractivity contribution is 5.92.